The van der Waals surface area contributed by atoms with Crippen molar-refractivity contribution in [2.75, 3.05) is 26.2 Å². The molecule has 39 heavy (non-hydrogen) atoms. The molecule has 0 bridgehead atoms. The van der Waals surface area contributed by atoms with Crippen LogP contribution in [0.4, 0.5) is 4.39 Å². The summed E-state index contributed by atoms with van der Waals surface area (Å²) in [4.78, 5) is 50.6. The lowest BCUT2D eigenvalue weighted by Crippen LogP contribution is -2.45. The maximum atomic E-state index is 13.7. The lowest BCUT2D eigenvalue weighted by molar-refractivity contribution is -0.135. The monoisotopic (exact) mass is 532 g/mol. The second-order valence-corrected chi connectivity index (χ2v) is 10.3. The van der Waals surface area contributed by atoms with E-state index in [4.69, 9.17) is 4.74 Å². The number of halogens is 1. The smallest absolute Gasteiger partial charge is 0.256 e. The van der Waals surface area contributed by atoms with Crippen LogP contribution in [0.3, 0.4) is 0 Å². The molecule has 0 saturated carbocycles. The van der Waals surface area contributed by atoms with Crippen molar-refractivity contribution in [2.24, 2.45) is 5.92 Å². The summed E-state index contributed by atoms with van der Waals surface area (Å²) in [7, 11) is 0. The van der Waals surface area contributed by atoms with Gasteiger partial charge in [-0.15, -0.1) is 0 Å². The Morgan fingerprint density at radius 3 is 2.56 bits per heavy atom. The third-order valence-corrected chi connectivity index (χ3v) is 7.72. The van der Waals surface area contributed by atoms with E-state index in [0.29, 0.717) is 55.9 Å². The SMILES string of the molecule is CC(c1ccccc1)N(Cc1nc2c(c(=O)[nH]1)COCC2)C(=O)CN1CCC(C(=O)c2ccc(F)cc2)CC1. The molecule has 0 aliphatic carbocycles. The highest BCUT2D eigenvalue weighted by molar-refractivity contribution is 5.97. The topological polar surface area (TPSA) is 95.6 Å². The number of benzene rings is 2. The number of nitrogens with zero attached hydrogens (tertiary/aromatic N) is 3. The zero-order chi connectivity index (χ0) is 27.4. The van der Waals surface area contributed by atoms with Gasteiger partial charge in [-0.3, -0.25) is 19.3 Å². The maximum Gasteiger partial charge on any atom is 0.256 e. The number of amides is 1. The molecule has 3 aromatic rings. The number of aromatic nitrogens is 2. The van der Waals surface area contributed by atoms with Gasteiger partial charge in [-0.25, -0.2) is 9.37 Å². The van der Waals surface area contributed by atoms with Gasteiger partial charge in [-0.05, 0) is 62.7 Å². The number of fused-ring (bicyclic) bond motifs is 1. The molecule has 2 aliphatic heterocycles. The molecule has 1 fully saturated rings. The van der Waals surface area contributed by atoms with Crippen molar-refractivity contribution in [1.29, 1.82) is 0 Å². The van der Waals surface area contributed by atoms with Crippen LogP contribution in [-0.2, 0) is 29.1 Å². The van der Waals surface area contributed by atoms with Crippen LogP contribution in [0.25, 0.3) is 0 Å². The first-order valence-electron chi connectivity index (χ1n) is 13.4. The van der Waals surface area contributed by atoms with Crippen molar-refractivity contribution in [3.8, 4) is 0 Å². The number of likely N-dealkylation sites (tertiary alicyclic amines) is 1. The normalized spacial score (nSPS) is 16.9. The number of hydrogen-bond acceptors (Lipinski definition) is 6. The van der Waals surface area contributed by atoms with E-state index in [2.05, 4.69) is 14.9 Å². The average Bonchev–Trinajstić information content (AvgIpc) is 2.96. The number of aromatic amines is 1. The minimum Gasteiger partial charge on any atom is -0.376 e. The van der Waals surface area contributed by atoms with Crippen molar-refractivity contribution in [3.05, 3.63) is 99.0 Å². The number of H-pyrrole nitrogens is 1. The van der Waals surface area contributed by atoms with Crippen LogP contribution in [0, 0.1) is 11.7 Å². The Bertz CT molecular complexity index is 1370. The lowest BCUT2D eigenvalue weighted by atomic mass is 9.89. The third kappa shape index (κ3) is 6.32. The summed E-state index contributed by atoms with van der Waals surface area (Å²) in [6.07, 6.45) is 1.85. The van der Waals surface area contributed by atoms with Crippen LogP contribution >= 0.6 is 0 Å². The van der Waals surface area contributed by atoms with Gasteiger partial charge in [0.2, 0.25) is 5.91 Å². The van der Waals surface area contributed by atoms with E-state index in [1.165, 1.54) is 24.3 Å². The molecule has 1 N–H and O–H groups in total. The van der Waals surface area contributed by atoms with E-state index in [0.717, 1.165) is 11.3 Å². The molecule has 1 amide bonds. The molecule has 3 heterocycles. The zero-order valence-corrected chi connectivity index (χ0v) is 22.1. The summed E-state index contributed by atoms with van der Waals surface area (Å²) < 4.78 is 18.6. The van der Waals surface area contributed by atoms with E-state index in [9.17, 15) is 18.8 Å². The fraction of sp³-hybridized carbons (Fsp3) is 0.400. The van der Waals surface area contributed by atoms with Crippen molar-refractivity contribution < 1.29 is 18.7 Å². The number of ether oxygens (including phenoxy) is 1. The molecule has 1 saturated heterocycles. The molecule has 9 heteroatoms. The van der Waals surface area contributed by atoms with Crippen LogP contribution in [0.15, 0.2) is 59.4 Å². The molecule has 1 aromatic heterocycles. The molecule has 2 aliphatic rings. The molecule has 0 spiro atoms. The molecule has 1 atom stereocenters. The summed E-state index contributed by atoms with van der Waals surface area (Å²) >= 11 is 0. The molecule has 5 rings (SSSR count). The van der Waals surface area contributed by atoms with Crippen molar-refractivity contribution in [1.82, 2.24) is 19.8 Å². The predicted octanol–water partition coefficient (Wildman–Crippen LogP) is 3.67. The number of piperidine rings is 1. The molecule has 0 radical (unpaired) electrons. The van der Waals surface area contributed by atoms with E-state index in [1.807, 2.05) is 37.3 Å². The summed E-state index contributed by atoms with van der Waals surface area (Å²) in [5.74, 6) is -0.0975. The number of hydrogen-bond donors (Lipinski definition) is 1. The van der Waals surface area contributed by atoms with Gasteiger partial charge in [0.05, 0.1) is 43.6 Å². The van der Waals surface area contributed by atoms with Crippen LogP contribution in [0.1, 0.15) is 58.8 Å². The summed E-state index contributed by atoms with van der Waals surface area (Å²) in [5, 5.41) is 0. The number of carbonyl (C=O) groups is 2. The Hall–Kier alpha value is -3.69. The van der Waals surface area contributed by atoms with Gasteiger partial charge in [-0.1, -0.05) is 30.3 Å². The van der Waals surface area contributed by atoms with Crippen LogP contribution in [0.2, 0.25) is 0 Å². The molecular weight excluding hydrogens is 499 g/mol. The fourth-order valence-corrected chi connectivity index (χ4v) is 5.37. The van der Waals surface area contributed by atoms with Gasteiger partial charge in [0.25, 0.3) is 5.56 Å². The van der Waals surface area contributed by atoms with Crippen molar-refractivity contribution in [3.63, 3.8) is 0 Å². The number of ketones is 1. The fourth-order valence-electron chi connectivity index (χ4n) is 5.37. The first-order valence-corrected chi connectivity index (χ1v) is 13.4. The molecule has 2 aromatic carbocycles. The van der Waals surface area contributed by atoms with Gasteiger partial charge in [0, 0.05) is 17.9 Å². The lowest BCUT2D eigenvalue weighted by Gasteiger charge is -2.35. The number of nitrogens with one attached hydrogen (secondary N) is 1. The van der Waals surface area contributed by atoms with Crippen molar-refractivity contribution in [2.45, 2.75) is 45.4 Å². The highest BCUT2D eigenvalue weighted by Crippen LogP contribution is 2.25. The Morgan fingerprint density at radius 2 is 1.85 bits per heavy atom. The highest BCUT2D eigenvalue weighted by atomic mass is 19.1. The molecule has 1 unspecified atom stereocenters. The van der Waals surface area contributed by atoms with Gasteiger partial charge in [0.15, 0.2) is 5.78 Å². The predicted molar refractivity (Wildman–Crippen MR) is 144 cm³/mol. The first-order chi connectivity index (χ1) is 18.9. The van der Waals surface area contributed by atoms with E-state index in [1.54, 1.807) is 4.90 Å². The maximum absolute atomic E-state index is 13.7. The zero-order valence-electron chi connectivity index (χ0n) is 22.1. The summed E-state index contributed by atoms with van der Waals surface area (Å²) in [6, 6.07) is 15.2. The third-order valence-electron chi connectivity index (χ3n) is 7.72. The Balaban J connectivity index is 1.28. The molecular formula is C30H33FN4O4. The van der Waals surface area contributed by atoms with Gasteiger partial charge in [0.1, 0.15) is 11.6 Å². The van der Waals surface area contributed by atoms with Crippen molar-refractivity contribution >= 4 is 11.7 Å². The molecule has 8 nitrogen and oxygen atoms in total. The molecule has 204 valence electrons. The quantitative estimate of drug-likeness (QED) is 0.445. The number of Topliss-reactive ketones (excluding diaryl/α,β-unsaturated/α-hetero) is 1. The standard InChI is InChI=1S/C30H33FN4O4/c1-20(21-5-3-2-4-6-21)35(17-27-32-26-13-16-39-19-25(26)30(38)33-27)28(36)18-34-14-11-23(12-15-34)29(37)22-7-9-24(31)10-8-22/h2-10,20,23H,11-19H2,1H3,(H,32,33,38). The van der Waals surface area contributed by atoms with Crippen LogP contribution < -0.4 is 5.56 Å². The Kier molecular flexibility index (Phi) is 8.28. The van der Waals surface area contributed by atoms with Crippen LogP contribution in [-0.4, -0.2) is 57.7 Å². The minimum atomic E-state index is -0.363. The number of carbonyl (C=O) groups excluding carboxylic acids is 2. The van der Waals surface area contributed by atoms with E-state index in [-0.39, 0.29) is 54.7 Å². The van der Waals surface area contributed by atoms with E-state index >= 15 is 0 Å². The summed E-state index contributed by atoms with van der Waals surface area (Å²) in [5.41, 5.74) is 2.57. The van der Waals surface area contributed by atoms with Gasteiger partial charge in [-0.2, -0.15) is 0 Å². The van der Waals surface area contributed by atoms with Crippen LogP contribution in [0.5, 0.6) is 0 Å². The Labute approximate surface area is 226 Å². The van der Waals surface area contributed by atoms with E-state index < -0.39 is 0 Å². The average molecular weight is 533 g/mol. The second-order valence-electron chi connectivity index (χ2n) is 10.3. The minimum absolute atomic E-state index is 0.0214. The van der Waals surface area contributed by atoms with Gasteiger partial charge < -0.3 is 14.6 Å². The largest absolute Gasteiger partial charge is 0.376 e. The first kappa shape index (κ1) is 26.9. The summed E-state index contributed by atoms with van der Waals surface area (Å²) in [6.45, 7) is 4.36. The highest BCUT2D eigenvalue weighted by Gasteiger charge is 2.30. The number of rotatable bonds is 8. The van der Waals surface area contributed by atoms with Gasteiger partial charge >= 0.3 is 0 Å². The Morgan fingerprint density at radius 1 is 1.13 bits per heavy atom. The second kappa shape index (κ2) is 12.0.